The van der Waals surface area contributed by atoms with Crippen LogP contribution in [0.15, 0.2) is 30.3 Å². The third-order valence-electron chi connectivity index (χ3n) is 2.37. The van der Waals surface area contributed by atoms with E-state index in [0.717, 1.165) is 5.56 Å². The van der Waals surface area contributed by atoms with Crippen molar-refractivity contribution in [2.75, 3.05) is 12.0 Å². The maximum atomic E-state index is 11.8. The first-order valence-electron chi connectivity index (χ1n) is 5.30. The number of hydrogen-bond donors (Lipinski definition) is 2. The Morgan fingerprint density at radius 3 is 2.88 bits per heavy atom. The van der Waals surface area contributed by atoms with E-state index < -0.39 is 5.97 Å². The first-order chi connectivity index (χ1) is 8.27. The summed E-state index contributed by atoms with van der Waals surface area (Å²) in [6.45, 7) is 2.07. The number of fused-ring (bicyclic) bond motifs is 1. The monoisotopic (exact) mass is 231 g/mol. The summed E-state index contributed by atoms with van der Waals surface area (Å²) >= 11 is 0. The van der Waals surface area contributed by atoms with Gasteiger partial charge in [-0.15, -0.1) is 0 Å². The second kappa shape index (κ2) is 4.80. The summed E-state index contributed by atoms with van der Waals surface area (Å²) in [7, 11) is 0. The van der Waals surface area contributed by atoms with Crippen LogP contribution in [-0.2, 0) is 4.74 Å². The van der Waals surface area contributed by atoms with E-state index >= 15 is 0 Å². The van der Waals surface area contributed by atoms with Gasteiger partial charge in [0.15, 0.2) is 5.82 Å². The van der Waals surface area contributed by atoms with E-state index in [1.165, 1.54) is 0 Å². The van der Waals surface area contributed by atoms with E-state index in [2.05, 4.69) is 10.4 Å². The fraction of sp³-hybridized carbons (Fsp3) is 0.167. The maximum Gasteiger partial charge on any atom is 0.342 e. The van der Waals surface area contributed by atoms with Gasteiger partial charge in [0.05, 0.1) is 12.3 Å². The lowest BCUT2D eigenvalue weighted by Gasteiger charge is -2.03. The van der Waals surface area contributed by atoms with Crippen LogP contribution in [0.4, 0.5) is 5.82 Å². The van der Waals surface area contributed by atoms with Gasteiger partial charge in [-0.1, -0.05) is 24.3 Å². The summed E-state index contributed by atoms with van der Waals surface area (Å²) in [6, 6.07) is 9.19. The minimum absolute atomic E-state index is 0.314. The molecule has 17 heavy (non-hydrogen) atoms. The second-order valence-corrected chi connectivity index (χ2v) is 3.41. The molecular weight excluding hydrogens is 218 g/mol. The van der Waals surface area contributed by atoms with Crippen LogP contribution < -0.4 is 11.3 Å². The van der Waals surface area contributed by atoms with Gasteiger partial charge in [0, 0.05) is 5.56 Å². The topological polar surface area (TPSA) is 77.2 Å². The molecule has 0 aromatic carbocycles. The van der Waals surface area contributed by atoms with E-state index in [9.17, 15) is 4.79 Å². The van der Waals surface area contributed by atoms with Crippen molar-refractivity contribution >= 4 is 11.8 Å². The van der Waals surface area contributed by atoms with Crippen molar-refractivity contribution in [1.29, 1.82) is 0 Å². The maximum absolute atomic E-state index is 11.8. The summed E-state index contributed by atoms with van der Waals surface area (Å²) in [5, 5.41) is 0. The van der Waals surface area contributed by atoms with E-state index in [1.54, 1.807) is 6.92 Å². The zero-order valence-corrected chi connectivity index (χ0v) is 9.43. The number of hydrazine groups is 1. The average Bonchev–Trinajstić information content (AvgIpc) is 2.52. The van der Waals surface area contributed by atoms with Crippen molar-refractivity contribution in [2.45, 2.75) is 6.92 Å². The number of ether oxygens (including phenoxy) is 1. The van der Waals surface area contributed by atoms with E-state index in [0.29, 0.717) is 23.7 Å². The molecule has 0 aromatic rings. The second-order valence-electron chi connectivity index (χ2n) is 3.41. The molecule has 88 valence electrons. The van der Waals surface area contributed by atoms with Gasteiger partial charge in [-0.3, -0.25) is 0 Å². The smallest absolute Gasteiger partial charge is 0.342 e. The Kier molecular flexibility index (Phi) is 3.20. The molecule has 1 aliphatic heterocycles. The standard InChI is InChI=1S/C12H13N3O2/c1-2-17-12(16)10-8-6-4-3-5-7-9(8)14-11(10)15-13/h3-7H,2,13H2,1H3,(H,14,15). The molecule has 2 aliphatic rings. The molecule has 0 aromatic heterocycles. The lowest BCUT2D eigenvalue weighted by molar-refractivity contribution is 0.0528. The first kappa shape index (κ1) is 11.3. The number of hydrogen-bond acceptors (Lipinski definition) is 5. The number of aromatic nitrogens is 1. The molecule has 0 spiro atoms. The minimum Gasteiger partial charge on any atom is -0.462 e. The van der Waals surface area contributed by atoms with E-state index in [-0.39, 0.29) is 0 Å². The molecule has 3 N–H and O–H groups in total. The Hall–Kier alpha value is -2.14. The summed E-state index contributed by atoms with van der Waals surface area (Å²) in [5.41, 5.74) is 4.22. The molecule has 0 fully saturated rings. The molecule has 0 radical (unpaired) electrons. The van der Waals surface area contributed by atoms with Crippen LogP contribution >= 0.6 is 0 Å². The van der Waals surface area contributed by atoms with Gasteiger partial charge in [0.25, 0.3) is 0 Å². The van der Waals surface area contributed by atoms with Crippen molar-refractivity contribution in [3.05, 3.63) is 35.9 Å². The summed E-state index contributed by atoms with van der Waals surface area (Å²) in [6.07, 6.45) is 0. The Balaban J connectivity index is 2.58. The number of anilines is 1. The Morgan fingerprint density at radius 1 is 1.41 bits per heavy atom. The van der Waals surface area contributed by atoms with E-state index in [1.807, 2.05) is 30.3 Å². The summed E-state index contributed by atoms with van der Waals surface area (Å²) < 4.78 is 4.99. The Labute approximate surface area is 98.9 Å². The Morgan fingerprint density at radius 2 is 2.18 bits per heavy atom. The van der Waals surface area contributed by atoms with Crippen molar-refractivity contribution in [1.82, 2.24) is 4.98 Å². The average molecular weight is 231 g/mol. The van der Waals surface area contributed by atoms with Gasteiger partial charge in [-0.2, -0.15) is 0 Å². The van der Waals surface area contributed by atoms with Crippen molar-refractivity contribution < 1.29 is 9.53 Å². The highest BCUT2D eigenvalue weighted by Gasteiger charge is 2.23. The number of nitrogens with zero attached hydrogens (tertiary/aromatic N) is 1. The molecule has 5 nitrogen and oxygen atoms in total. The van der Waals surface area contributed by atoms with Gasteiger partial charge < -0.3 is 10.2 Å². The van der Waals surface area contributed by atoms with E-state index in [4.69, 9.17) is 10.6 Å². The summed E-state index contributed by atoms with van der Waals surface area (Å²) in [5.74, 6) is 5.27. The van der Waals surface area contributed by atoms with Crippen LogP contribution in [0.3, 0.4) is 0 Å². The predicted octanol–water partition coefficient (Wildman–Crippen LogP) is 1.65. The SMILES string of the molecule is CCOC(=O)c1c2cccccc-2nc1NN. The fourth-order valence-electron chi connectivity index (χ4n) is 1.66. The fourth-order valence-corrected chi connectivity index (χ4v) is 1.66. The number of carbonyl (C=O) groups excluding carboxylic acids is 1. The number of nitrogens with two attached hydrogens (primary N) is 1. The zero-order chi connectivity index (χ0) is 12.3. The molecule has 0 amide bonds. The number of rotatable bonds is 3. The highest BCUT2D eigenvalue weighted by atomic mass is 16.5. The molecule has 1 aliphatic carbocycles. The minimum atomic E-state index is -0.422. The van der Waals surface area contributed by atoms with Crippen LogP contribution in [0.25, 0.3) is 11.3 Å². The largest absolute Gasteiger partial charge is 0.462 e. The molecule has 0 atom stereocenters. The van der Waals surface area contributed by atoms with Gasteiger partial charge >= 0.3 is 5.97 Å². The van der Waals surface area contributed by atoms with Crippen LogP contribution in [-0.4, -0.2) is 17.6 Å². The Bertz CT molecular complexity index is 513. The normalized spacial score (nSPS) is 10.2. The number of nitrogens with one attached hydrogen (secondary N) is 1. The lowest BCUT2D eigenvalue weighted by atomic mass is 10.1. The highest BCUT2D eigenvalue weighted by molar-refractivity contribution is 6.03. The third kappa shape index (κ3) is 2.05. The molecule has 0 unspecified atom stereocenters. The van der Waals surface area contributed by atoms with Crippen LogP contribution in [0, 0.1) is 0 Å². The van der Waals surface area contributed by atoms with Gasteiger partial charge in [0.1, 0.15) is 5.56 Å². The number of nitrogen functional groups attached to an aromatic ring is 1. The van der Waals surface area contributed by atoms with Crippen LogP contribution in [0.5, 0.6) is 0 Å². The van der Waals surface area contributed by atoms with Gasteiger partial charge in [-0.05, 0) is 13.0 Å². The predicted molar refractivity (Wildman–Crippen MR) is 64.6 cm³/mol. The third-order valence-corrected chi connectivity index (χ3v) is 2.37. The van der Waals surface area contributed by atoms with Crippen molar-refractivity contribution in [2.24, 2.45) is 5.84 Å². The molecular formula is C12H13N3O2. The van der Waals surface area contributed by atoms with Crippen molar-refractivity contribution in [3.63, 3.8) is 0 Å². The molecule has 0 bridgehead atoms. The summed E-state index contributed by atoms with van der Waals surface area (Å²) in [4.78, 5) is 16.1. The number of carbonyl (C=O) groups is 1. The first-order valence-corrected chi connectivity index (χ1v) is 5.30. The van der Waals surface area contributed by atoms with Crippen LogP contribution in [0.1, 0.15) is 17.3 Å². The molecule has 5 heteroatoms. The molecule has 0 saturated carbocycles. The van der Waals surface area contributed by atoms with Crippen molar-refractivity contribution in [3.8, 4) is 11.3 Å². The van der Waals surface area contributed by atoms with Gasteiger partial charge in [-0.25, -0.2) is 15.6 Å². The zero-order valence-electron chi connectivity index (χ0n) is 9.43. The quantitative estimate of drug-likeness (QED) is 0.477. The molecule has 0 saturated heterocycles. The van der Waals surface area contributed by atoms with Gasteiger partial charge in [0.2, 0.25) is 0 Å². The van der Waals surface area contributed by atoms with Crippen LogP contribution in [0.2, 0.25) is 0 Å². The number of esters is 1. The lowest BCUT2D eigenvalue weighted by Crippen LogP contribution is -2.13. The highest BCUT2D eigenvalue weighted by Crippen LogP contribution is 2.31. The molecule has 1 heterocycles. The molecule has 2 rings (SSSR count).